The van der Waals surface area contributed by atoms with Crippen LogP contribution >= 0.6 is 11.3 Å². The maximum atomic E-state index is 5.71. The Morgan fingerprint density at radius 3 is 1.62 bits per heavy atom. The quantitative estimate of drug-likeness (QED) is 0.157. The van der Waals surface area contributed by atoms with Crippen molar-refractivity contribution in [2.24, 2.45) is 0 Å². The molecule has 0 saturated carbocycles. The highest BCUT2D eigenvalue weighted by Crippen LogP contribution is 2.46. The number of nitrogens with zero attached hydrogens (tertiary/aromatic N) is 3. The Hall–Kier alpha value is -7.79. The fraction of sp³-hybridized carbons (Fsp3) is 0. The lowest BCUT2D eigenvalue weighted by Gasteiger charge is -2.15. The van der Waals surface area contributed by atoms with E-state index in [1.165, 1.54) is 47.3 Å². The third kappa shape index (κ3) is 6.07. The van der Waals surface area contributed by atoms with Crippen molar-refractivity contribution in [3.05, 3.63) is 212 Å². The summed E-state index contributed by atoms with van der Waals surface area (Å²) in [5, 5.41) is 8.52. The SMILES string of the molecule is c1ccc(-c2ccc(-c3nc(-c4ccccc4)cc(-c4ccc(-c5cccc6c5nc(-c5cc7ccccc7c7ccccc57)c5c7ccccc7sc65)cc4)n3)cc2)cc1. The molecule has 0 saturated heterocycles. The molecule has 3 heterocycles. The third-order valence-electron chi connectivity index (χ3n) is 11.9. The summed E-state index contributed by atoms with van der Waals surface area (Å²) in [6.07, 6.45) is 0. The number of hydrogen-bond donors (Lipinski definition) is 0. The molecule has 0 amide bonds. The number of thiophene rings is 1. The molecular formula is C57H35N3S. The van der Waals surface area contributed by atoms with Gasteiger partial charge in [-0.3, -0.25) is 0 Å². The molecule has 3 aromatic heterocycles. The van der Waals surface area contributed by atoms with Crippen molar-refractivity contribution in [2.45, 2.75) is 0 Å². The summed E-state index contributed by atoms with van der Waals surface area (Å²) in [7, 11) is 0. The second kappa shape index (κ2) is 14.5. The highest BCUT2D eigenvalue weighted by Gasteiger charge is 2.21. The maximum absolute atomic E-state index is 5.71. The van der Waals surface area contributed by atoms with Crippen LogP contribution in [0.4, 0.5) is 0 Å². The summed E-state index contributed by atoms with van der Waals surface area (Å²) in [5.74, 6) is 0.694. The first-order valence-corrected chi connectivity index (χ1v) is 21.4. The van der Waals surface area contributed by atoms with Crippen LogP contribution in [0.2, 0.25) is 0 Å². The van der Waals surface area contributed by atoms with E-state index in [1.54, 1.807) is 0 Å². The minimum atomic E-state index is 0.694. The predicted octanol–water partition coefficient (Wildman–Crippen LogP) is 15.7. The van der Waals surface area contributed by atoms with Crippen LogP contribution in [0.1, 0.15) is 0 Å². The van der Waals surface area contributed by atoms with E-state index in [4.69, 9.17) is 15.0 Å². The van der Waals surface area contributed by atoms with E-state index in [1.807, 2.05) is 23.5 Å². The molecule has 0 bridgehead atoms. The van der Waals surface area contributed by atoms with E-state index in [9.17, 15) is 0 Å². The predicted molar refractivity (Wildman–Crippen MR) is 258 cm³/mol. The van der Waals surface area contributed by atoms with E-state index < -0.39 is 0 Å². The van der Waals surface area contributed by atoms with Gasteiger partial charge in [0, 0.05) is 53.4 Å². The molecule has 0 aliphatic heterocycles. The monoisotopic (exact) mass is 793 g/mol. The van der Waals surface area contributed by atoms with Crippen LogP contribution < -0.4 is 0 Å². The van der Waals surface area contributed by atoms with Crippen LogP contribution in [0.3, 0.4) is 0 Å². The minimum absolute atomic E-state index is 0.694. The van der Waals surface area contributed by atoms with Crippen LogP contribution in [0.5, 0.6) is 0 Å². The largest absolute Gasteiger partial charge is 0.246 e. The molecule has 0 radical (unpaired) electrons. The van der Waals surface area contributed by atoms with Crippen LogP contribution in [0, 0.1) is 0 Å². The Morgan fingerprint density at radius 2 is 0.869 bits per heavy atom. The van der Waals surface area contributed by atoms with E-state index in [2.05, 4.69) is 200 Å². The molecule has 0 atom stereocenters. The van der Waals surface area contributed by atoms with Crippen LogP contribution in [0.25, 0.3) is 120 Å². The molecule has 12 aromatic rings. The Labute approximate surface area is 356 Å². The van der Waals surface area contributed by atoms with Crippen molar-refractivity contribution in [1.82, 2.24) is 15.0 Å². The van der Waals surface area contributed by atoms with E-state index in [-0.39, 0.29) is 0 Å². The lowest BCUT2D eigenvalue weighted by molar-refractivity contribution is 1.18. The first-order chi connectivity index (χ1) is 30.2. The van der Waals surface area contributed by atoms with Crippen molar-refractivity contribution in [2.75, 3.05) is 0 Å². The lowest BCUT2D eigenvalue weighted by atomic mass is 9.92. The smallest absolute Gasteiger partial charge is 0.160 e. The molecule has 0 spiro atoms. The molecule has 4 heteroatoms. The molecule has 12 rings (SSSR count). The molecule has 9 aromatic carbocycles. The summed E-state index contributed by atoms with van der Waals surface area (Å²) in [6, 6.07) is 75.4. The van der Waals surface area contributed by atoms with Crippen molar-refractivity contribution in [1.29, 1.82) is 0 Å². The Morgan fingerprint density at radius 1 is 0.328 bits per heavy atom. The van der Waals surface area contributed by atoms with Gasteiger partial charge < -0.3 is 0 Å². The third-order valence-corrected chi connectivity index (χ3v) is 13.1. The molecule has 0 aliphatic carbocycles. The van der Waals surface area contributed by atoms with Crippen molar-refractivity contribution < 1.29 is 0 Å². The van der Waals surface area contributed by atoms with E-state index in [0.717, 1.165) is 66.9 Å². The lowest BCUT2D eigenvalue weighted by Crippen LogP contribution is -1.96. The molecule has 0 aliphatic rings. The van der Waals surface area contributed by atoms with Gasteiger partial charge in [-0.1, -0.05) is 194 Å². The van der Waals surface area contributed by atoms with Crippen LogP contribution in [-0.4, -0.2) is 15.0 Å². The second-order valence-corrected chi connectivity index (χ2v) is 16.6. The summed E-state index contributed by atoms with van der Waals surface area (Å²) < 4.78 is 2.52. The summed E-state index contributed by atoms with van der Waals surface area (Å²) in [5.41, 5.74) is 12.5. The van der Waals surface area contributed by atoms with E-state index >= 15 is 0 Å². The summed E-state index contributed by atoms with van der Waals surface area (Å²) in [4.78, 5) is 16.0. The minimum Gasteiger partial charge on any atom is -0.246 e. The molecule has 284 valence electrons. The van der Waals surface area contributed by atoms with Crippen molar-refractivity contribution >= 4 is 64.0 Å². The zero-order chi connectivity index (χ0) is 40.3. The zero-order valence-electron chi connectivity index (χ0n) is 33.0. The van der Waals surface area contributed by atoms with Crippen molar-refractivity contribution in [3.8, 4) is 67.4 Å². The maximum Gasteiger partial charge on any atom is 0.160 e. The van der Waals surface area contributed by atoms with Gasteiger partial charge in [0.05, 0.1) is 22.6 Å². The van der Waals surface area contributed by atoms with Crippen LogP contribution in [0.15, 0.2) is 212 Å². The molecular weight excluding hydrogens is 759 g/mol. The van der Waals surface area contributed by atoms with Gasteiger partial charge in [0.25, 0.3) is 0 Å². The van der Waals surface area contributed by atoms with Gasteiger partial charge in [0.15, 0.2) is 5.82 Å². The Kier molecular flexibility index (Phi) is 8.36. The van der Waals surface area contributed by atoms with Gasteiger partial charge in [-0.05, 0) is 56.4 Å². The van der Waals surface area contributed by atoms with Gasteiger partial charge in [0.2, 0.25) is 0 Å². The van der Waals surface area contributed by atoms with Gasteiger partial charge in [0.1, 0.15) is 0 Å². The average molecular weight is 794 g/mol. The van der Waals surface area contributed by atoms with Gasteiger partial charge in [-0.2, -0.15) is 0 Å². The molecule has 0 fully saturated rings. The number of aromatic nitrogens is 3. The number of fused-ring (bicyclic) bond motifs is 8. The molecule has 0 unspecified atom stereocenters. The van der Waals surface area contributed by atoms with Gasteiger partial charge in [-0.15, -0.1) is 11.3 Å². The molecule has 61 heavy (non-hydrogen) atoms. The second-order valence-electron chi connectivity index (χ2n) is 15.5. The fourth-order valence-electron chi connectivity index (χ4n) is 8.91. The highest BCUT2D eigenvalue weighted by atomic mass is 32.1. The Bertz CT molecular complexity index is 3610. The fourth-order valence-corrected chi connectivity index (χ4v) is 10.1. The van der Waals surface area contributed by atoms with Crippen molar-refractivity contribution in [3.63, 3.8) is 0 Å². The highest BCUT2D eigenvalue weighted by molar-refractivity contribution is 7.26. The molecule has 0 N–H and O–H groups in total. The zero-order valence-corrected chi connectivity index (χ0v) is 33.8. The number of benzene rings is 9. The van der Waals surface area contributed by atoms with E-state index in [0.29, 0.717) is 5.82 Å². The summed E-state index contributed by atoms with van der Waals surface area (Å²) in [6.45, 7) is 0. The van der Waals surface area contributed by atoms with Gasteiger partial charge in [-0.25, -0.2) is 15.0 Å². The standard InChI is InChI=1S/C57H35N3S/c1-3-14-36(15-4-1)37-26-32-41(33-27-37)57-58-50(39-16-5-2-6-17-39)35-51(59-57)40-30-28-38(29-31-40)44-23-13-24-48-54(44)60-55(53-47-22-11-12-25-52(47)61-56(48)53)49-34-42-18-7-8-19-43(42)45-20-9-10-21-46(45)49/h1-35H. The number of hydrogen-bond acceptors (Lipinski definition) is 4. The number of rotatable bonds is 6. The Balaban J connectivity index is 1.01. The normalized spacial score (nSPS) is 11.6. The number of pyridine rings is 1. The average Bonchev–Trinajstić information content (AvgIpc) is 3.74. The van der Waals surface area contributed by atoms with Gasteiger partial charge >= 0.3 is 0 Å². The number of para-hydroxylation sites is 1. The molecule has 3 nitrogen and oxygen atoms in total. The first kappa shape index (κ1) is 35.2. The first-order valence-electron chi connectivity index (χ1n) is 20.6. The van der Waals surface area contributed by atoms with Crippen LogP contribution in [-0.2, 0) is 0 Å². The topological polar surface area (TPSA) is 38.7 Å². The summed E-state index contributed by atoms with van der Waals surface area (Å²) >= 11 is 1.86.